The van der Waals surface area contributed by atoms with E-state index >= 15 is 0 Å². The fraction of sp³-hybridized carbons (Fsp3) is 0.107. The summed E-state index contributed by atoms with van der Waals surface area (Å²) in [6.45, 7) is 2.49. The molecule has 0 aliphatic rings. The minimum absolute atomic E-state index is 0.0584. The van der Waals surface area contributed by atoms with Gasteiger partial charge in [-0.2, -0.15) is 0 Å². The summed E-state index contributed by atoms with van der Waals surface area (Å²) in [5.74, 6) is 1.44. The highest BCUT2D eigenvalue weighted by Gasteiger charge is 2.10. The molecule has 4 aromatic carbocycles. The lowest BCUT2D eigenvalue weighted by Crippen LogP contribution is -2.01. The van der Waals surface area contributed by atoms with Crippen LogP contribution in [-0.4, -0.2) is 5.78 Å². The van der Waals surface area contributed by atoms with Crippen molar-refractivity contribution in [3.05, 3.63) is 120 Å². The van der Waals surface area contributed by atoms with Crippen molar-refractivity contribution in [2.24, 2.45) is 0 Å². The first kappa shape index (κ1) is 20.4. The van der Waals surface area contributed by atoms with Gasteiger partial charge in [0.2, 0.25) is 0 Å². The van der Waals surface area contributed by atoms with E-state index in [-0.39, 0.29) is 5.78 Å². The SMILES string of the molecule is CC(=O)c1ccc(-c2ccc(OCc3ccccc3)c(OCc3ccccc3)c2)cc1. The molecule has 0 aliphatic heterocycles. The number of carbonyl (C=O) groups excluding carboxylic acids is 1. The quantitative estimate of drug-likeness (QED) is 0.304. The lowest BCUT2D eigenvalue weighted by molar-refractivity contribution is 0.101. The van der Waals surface area contributed by atoms with Crippen molar-refractivity contribution < 1.29 is 14.3 Å². The van der Waals surface area contributed by atoms with E-state index in [2.05, 4.69) is 0 Å². The molecule has 3 heteroatoms. The molecule has 0 amide bonds. The summed E-state index contributed by atoms with van der Waals surface area (Å²) in [6.07, 6.45) is 0. The Balaban J connectivity index is 1.59. The summed E-state index contributed by atoms with van der Waals surface area (Å²) in [5.41, 5.74) is 4.91. The zero-order chi connectivity index (χ0) is 21.5. The number of Topliss-reactive ketones (excluding diaryl/α,β-unsaturated/α-hetero) is 1. The lowest BCUT2D eigenvalue weighted by atomic mass is 10.0. The highest BCUT2D eigenvalue weighted by molar-refractivity contribution is 5.94. The Hall–Kier alpha value is -3.85. The third kappa shape index (κ3) is 5.40. The molecule has 0 saturated heterocycles. The van der Waals surface area contributed by atoms with Crippen LogP contribution in [0.4, 0.5) is 0 Å². The topological polar surface area (TPSA) is 35.5 Å². The smallest absolute Gasteiger partial charge is 0.162 e. The molecule has 0 bridgehead atoms. The molecule has 31 heavy (non-hydrogen) atoms. The second kappa shape index (κ2) is 9.77. The van der Waals surface area contributed by atoms with Gasteiger partial charge in [-0.15, -0.1) is 0 Å². The fourth-order valence-electron chi connectivity index (χ4n) is 3.29. The summed E-state index contributed by atoms with van der Waals surface area (Å²) in [6, 6.07) is 33.7. The first-order valence-electron chi connectivity index (χ1n) is 10.3. The van der Waals surface area contributed by atoms with Crippen LogP contribution in [0, 0.1) is 0 Å². The summed E-state index contributed by atoms with van der Waals surface area (Å²) in [4.78, 5) is 11.6. The number of hydrogen-bond acceptors (Lipinski definition) is 3. The van der Waals surface area contributed by atoms with E-state index in [0.29, 0.717) is 30.3 Å². The highest BCUT2D eigenvalue weighted by atomic mass is 16.5. The molecule has 3 nitrogen and oxygen atoms in total. The van der Waals surface area contributed by atoms with Crippen LogP contribution in [0.3, 0.4) is 0 Å². The van der Waals surface area contributed by atoms with Gasteiger partial charge in [0.1, 0.15) is 13.2 Å². The van der Waals surface area contributed by atoms with Crippen molar-refractivity contribution in [2.75, 3.05) is 0 Å². The zero-order valence-corrected chi connectivity index (χ0v) is 17.5. The molecular formula is C28H24O3. The van der Waals surface area contributed by atoms with Gasteiger partial charge in [-0.05, 0) is 41.3 Å². The maximum Gasteiger partial charge on any atom is 0.162 e. The molecule has 0 aromatic heterocycles. The minimum Gasteiger partial charge on any atom is -0.485 e. The normalized spacial score (nSPS) is 10.5. The molecular weight excluding hydrogens is 384 g/mol. The molecule has 0 radical (unpaired) electrons. The Bertz CT molecular complexity index is 1130. The maximum atomic E-state index is 11.6. The van der Waals surface area contributed by atoms with Crippen molar-refractivity contribution in [1.82, 2.24) is 0 Å². The van der Waals surface area contributed by atoms with Gasteiger partial charge in [-0.3, -0.25) is 4.79 Å². The Kier molecular flexibility index (Phi) is 6.44. The van der Waals surface area contributed by atoms with Crippen LogP contribution >= 0.6 is 0 Å². The van der Waals surface area contributed by atoms with E-state index in [1.165, 1.54) is 0 Å². The van der Waals surface area contributed by atoms with E-state index < -0.39 is 0 Å². The average molecular weight is 408 g/mol. The Morgan fingerprint density at radius 1 is 0.613 bits per heavy atom. The van der Waals surface area contributed by atoms with Crippen LogP contribution in [0.5, 0.6) is 11.5 Å². The van der Waals surface area contributed by atoms with Crippen LogP contribution in [-0.2, 0) is 13.2 Å². The number of ketones is 1. The molecule has 0 fully saturated rings. The summed E-state index contributed by atoms with van der Waals surface area (Å²) in [7, 11) is 0. The van der Waals surface area contributed by atoms with Crippen LogP contribution in [0.1, 0.15) is 28.4 Å². The van der Waals surface area contributed by atoms with Crippen molar-refractivity contribution in [2.45, 2.75) is 20.1 Å². The third-order valence-electron chi connectivity index (χ3n) is 5.04. The lowest BCUT2D eigenvalue weighted by Gasteiger charge is -2.15. The Labute approximate surface area is 182 Å². The van der Waals surface area contributed by atoms with E-state index in [4.69, 9.17) is 9.47 Å². The van der Waals surface area contributed by atoms with Gasteiger partial charge < -0.3 is 9.47 Å². The number of benzene rings is 4. The number of rotatable bonds is 8. The summed E-state index contributed by atoms with van der Waals surface area (Å²) < 4.78 is 12.2. The predicted molar refractivity (Wildman–Crippen MR) is 123 cm³/mol. The summed E-state index contributed by atoms with van der Waals surface area (Å²) >= 11 is 0. The van der Waals surface area contributed by atoms with Gasteiger partial charge in [-0.25, -0.2) is 0 Å². The molecule has 0 heterocycles. The second-order valence-corrected chi connectivity index (χ2v) is 7.34. The van der Waals surface area contributed by atoms with Gasteiger partial charge in [0.15, 0.2) is 17.3 Å². The molecule has 0 saturated carbocycles. The maximum absolute atomic E-state index is 11.6. The van der Waals surface area contributed by atoms with E-state index in [9.17, 15) is 4.79 Å². The van der Waals surface area contributed by atoms with Gasteiger partial charge >= 0.3 is 0 Å². The Morgan fingerprint density at radius 3 is 1.68 bits per heavy atom. The minimum atomic E-state index is 0.0584. The van der Waals surface area contributed by atoms with Gasteiger partial charge in [-0.1, -0.05) is 91.0 Å². The highest BCUT2D eigenvalue weighted by Crippen LogP contribution is 2.34. The molecule has 0 N–H and O–H groups in total. The van der Waals surface area contributed by atoms with E-state index in [1.54, 1.807) is 6.92 Å². The number of hydrogen-bond donors (Lipinski definition) is 0. The molecule has 154 valence electrons. The first-order valence-corrected chi connectivity index (χ1v) is 10.3. The molecule has 0 aliphatic carbocycles. The molecule has 0 unspecified atom stereocenters. The standard InChI is InChI=1S/C28H24O3/c1-21(29)24-12-14-25(15-13-24)26-16-17-27(30-19-22-8-4-2-5-9-22)28(18-26)31-20-23-10-6-3-7-11-23/h2-18H,19-20H2,1H3. The monoisotopic (exact) mass is 408 g/mol. The molecule has 0 spiro atoms. The van der Waals surface area contributed by atoms with Crippen LogP contribution in [0.2, 0.25) is 0 Å². The van der Waals surface area contributed by atoms with Gasteiger partial charge in [0.25, 0.3) is 0 Å². The predicted octanol–water partition coefficient (Wildman–Crippen LogP) is 6.71. The fourth-order valence-corrected chi connectivity index (χ4v) is 3.29. The number of carbonyl (C=O) groups is 1. The zero-order valence-electron chi connectivity index (χ0n) is 17.5. The van der Waals surface area contributed by atoms with E-state index in [0.717, 1.165) is 22.3 Å². The summed E-state index contributed by atoms with van der Waals surface area (Å²) in [5, 5.41) is 0. The molecule has 4 aromatic rings. The third-order valence-corrected chi connectivity index (χ3v) is 5.04. The van der Waals surface area contributed by atoms with Crippen LogP contribution < -0.4 is 9.47 Å². The van der Waals surface area contributed by atoms with Gasteiger partial charge in [0.05, 0.1) is 0 Å². The Morgan fingerprint density at radius 2 is 1.13 bits per heavy atom. The molecule has 4 rings (SSSR count). The average Bonchev–Trinajstić information content (AvgIpc) is 2.83. The van der Waals surface area contributed by atoms with Crippen LogP contribution in [0.15, 0.2) is 103 Å². The van der Waals surface area contributed by atoms with Crippen molar-refractivity contribution in [3.63, 3.8) is 0 Å². The first-order chi connectivity index (χ1) is 15.2. The van der Waals surface area contributed by atoms with Crippen molar-refractivity contribution in [3.8, 4) is 22.6 Å². The van der Waals surface area contributed by atoms with E-state index in [1.807, 2.05) is 103 Å². The van der Waals surface area contributed by atoms with Gasteiger partial charge in [0, 0.05) is 5.56 Å². The number of ether oxygens (including phenoxy) is 2. The van der Waals surface area contributed by atoms with Crippen molar-refractivity contribution in [1.29, 1.82) is 0 Å². The second-order valence-electron chi connectivity index (χ2n) is 7.34. The molecule has 0 atom stereocenters. The van der Waals surface area contributed by atoms with Crippen LogP contribution in [0.25, 0.3) is 11.1 Å². The van der Waals surface area contributed by atoms with Crippen molar-refractivity contribution >= 4 is 5.78 Å². The largest absolute Gasteiger partial charge is 0.485 e.